The van der Waals surface area contributed by atoms with Crippen LogP contribution in [0.5, 0.6) is 5.75 Å². The van der Waals surface area contributed by atoms with Crippen molar-refractivity contribution >= 4 is 23.3 Å². The van der Waals surface area contributed by atoms with Crippen LogP contribution in [0, 0.1) is 21.4 Å². The van der Waals surface area contributed by atoms with E-state index in [0.29, 0.717) is 11.3 Å². The fraction of sp³-hybridized carbons (Fsp3) is 0.167. The van der Waals surface area contributed by atoms with Gasteiger partial charge >= 0.3 is 5.97 Å². The Hall–Kier alpha value is -3.93. The zero-order chi connectivity index (χ0) is 19.8. The molecule has 0 aromatic heterocycles. The highest BCUT2D eigenvalue weighted by Gasteiger charge is 2.21. The van der Waals surface area contributed by atoms with Gasteiger partial charge in [0.25, 0.3) is 11.6 Å². The summed E-state index contributed by atoms with van der Waals surface area (Å²) in [5.41, 5.74) is 0.183. The highest BCUT2D eigenvalue weighted by molar-refractivity contribution is 5.96. The van der Waals surface area contributed by atoms with E-state index in [1.54, 1.807) is 0 Å². The predicted molar refractivity (Wildman–Crippen MR) is 93.9 cm³/mol. The summed E-state index contributed by atoms with van der Waals surface area (Å²) in [7, 11) is 0. The van der Waals surface area contributed by atoms with Crippen LogP contribution >= 0.6 is 0 Å². The standard InChI is InChI=1S/C18H15N3O6/c1-12(18(23)20-15-4-2-3-5-16(15)21(24)25)27-17(22)11-26-14-8-6-13(10-19)7-9-14/h2-9,12H,11H2,1H3,(H,20,23). The number of ether oxygens (including phenoxy) is 2. The minimum Gasteiger partial charge on any atom is -0.482 e. The van der Waals surface area contributed by atoms with Crippen molar-refractivity contribution in [1.29, 1.82) is 5.26 Å². The van der Waals surface area contributed by atoms with Gasteiger partial charge < -0.3 is 14.8 Å². The van der Waals surface area contributed by atoms with Crippen LogP contribution in [0.4, 0.5) is 11.4 Å². The fourth-order valence-corrected chi connectivity index (χ4v) is 2.03. The number of carbonyl (C=O) groups excluding carboxylic acids is 2. The third-order valence-electron chi connectivity index (χ3n) is 3.38. The zero-order valence-corrected chi connectivity index (χ0v) is 14.2. The van der Waals surface area contributed by atoms with E-state index in [1.807, 2.05) is 6.07 Å². The first-order valence-corrected chi connectivity index (χ1v) is 7.77. The second-order valence-electron chi connectivity index (χ2n) is 5.32. The van der Waals surface area contributed by atoms with Gasteiger partial charge in [0.2, 0.25) is 0 Å². The second-order valence-corrected chi connectivity index (χ2v) is 5.32. The van der Waals surface area contributed by atoms with Crippen LogP contribution in [-0.2, 0) is 14.3 Å². The summed E-state index contributed by atoms with van der Waals surface area (Å²) in [5, 5.41) is 22.0. The predicted octanol–water partition coefficient (Wildman–Crippen LogP) is 2.42. The summed E-state index contributed by atoms with van der Waals surface area (Å²) >= 11 is 0. The van der Waals surface area contributed by atoms with Crippen molar-refractivity contribution in [1.82, 2.24) is 0 Å². The van der Waals surface area contributed by atoms with E-state index in [4.69, 9.17) is 14.7 Å². The van der Waals surface area contributed by atoms with Crippen LogP contribution in [-0.4, -0.2) is 29.5 Å². The number of hydrogen-bond donors (Lipinski definition) is 1. The molecule has 0 radical (unpaired) electrons. The van der Waals surface area contributed by atoms with Gasteiger partial charge in [-0.15, -0.1) is 0 Å². The minimum atomic E-state index is -1.18. The summed E-state index contributed by atoms with van der Waals surface area (Å²) in [6, 6.07) is 13.7. The van der Waals surface area contributed by atoms with Gasteiger partial charge in [-0.05, 0) is 37.3 Å². The number of nitrogens with zero attached hydrogens (tertiary/aromatic N) is 2. The molecule has 2 aromatic carbocycles. The van der Waals surface area contributed by atoms with Gasteiger partial charge in [0.15, 0.2) is 12.7 Å². The molecule has 1 amide bonds. The van der Waals surface area contributed by atoms with Crippen molar-refractivity contribution in [3.8, 4) is 11.8 Å². The monoisotopic (exact) mass is 369 g/mol. The number of benzene rings is 2. The molecule has 9 nitrogen and oxygen atoms in total. The van der Waals surface area contributed by atoms with Crippen LogP contribution < -0.4 is 10.1 Å². The maximum Gasteiger partial charge on any atom is 0.344 e. The largest absolute Gasteiger partial charge is 0.482 e. The van der Waals surface area contributed by atoms with Gasteiger partial charge in [-0.25, -0.2) is 4.79 Å². The first kappa shape index (κ1) is 19.4. The number of anilines is 1. The van der Waals surface area contributed by atoms with Crippen LogP contribution in [0.25, 0.3) is 0 Å². The van der Waals surface area contributed by atoms with E-state index in [1.165, 1.54) is 55.5 Å². The maximum atomic E-state index is 12.1. The minimum absolute atomic E-state index is 0.00392. The topological polar surface area (TPSA) is 132 Å². The molecule has 0 fully saturated rings. The van der Waals surface area contributed by atoms with Crippen LogP contribution in [0.1, 0.15) is 12.5 Å². The Balaban J connectivity index is 1.87. The molecule has 27 heavy (non-hydrogen) atoms. The number of para-hydroxylation sites is 2. The van der Waals surface area contributed by atoms with Gasteiger partial charge in [0, 0.05) is 6.07 Å². The number of hydrogen-bond acceptors (Lipinski definition) is 7. The molecule has 0 saturated carbocycles. The normalized spacial score (nSPS) is 11.0. The highest BCUT2D eigenvalue weighted by Crippen LogP contribution is 2.23. The van der Waals surface area contributed by atoms with Crippen molar-refractivity contribution in [2.75, 3.05) is 11.9 Å². The molecule has 2 rings (SSSR count). The molecule has 0 saturated heterocycles. The Bertz CT molecular complexity index is 889. The first-order valence-electron chi connectivity index (χ1n) is 7.77. The molecular formula is C18H15N3O6. The molecule has 0 aliphatic carbocycles. The number of nitriles is 1. The lowest BCUT2D eigenvalue weighted by Gasteiger charge is -2.14. The van der Waals surface area contributed by atoms with Crippen molar-refractivity contribution in [2.24, 2.45) is 0 Å². The third kappa shape index (κ3) is 5.54. The van der Waals surface area contributed by atoms with E-state index in [-0.39, 0.29) is 11.4 Å². The smallest absolute Gasteiger partial charge is 0.344 e. The summed E-state index contributed by atoms with van der Waals surface area (Å²) in [5.74, 6) is -1.14. The molecule has 1 atom stereocenters. The van der Waals surface area contributed by atoms with E-state index in [9.17, 15) is 19.7 Å². The summed E-state index contributed by atoms with van der Waals surface area (Å²) in [6.45, 7) is 0.902. The Labute approximate surface area is 154 Å². The number of esters is 1. The van der Waals surface area contributed by atoms with Crippen LogP contribution in [0.15, 0.2) is 48.5 Å². The van der Waals surface area contributed by atoms with Gasteiger partial charge in [-0.3, -0.25) is 14.9 Å². The molecular weight excluding hydrogens is 354 g/mol. The number of rotatable bonds is 7. The molecule has 0 spiro atoms. The number of carbonyl (C=O) groups is 2. The summed E-state index contributed by atoms with van der Waals surface area (Å²) in [6.07, 6.45) is -1.18. The number of nitro groups is 1. The van der Waals surface area contributed by atoms with Crippen LogP contribution in [0.2, 0.25) is 0 Å². The van der Waals surface area contributed by atoms with E-state index in [2.05, 4.69) is 5.32 Å². The lowest BCUT2D eigenvalue weighted by Crippen LogP contribution is -2.31. The zero-order valence-electron chi connectivity index (χ0n) is 14.2. The Morgan fingerprint density at radius 3 is 2.52 bits per heavy atom. The average molecular weight is 369 g/mol. The van der Waals surface area contributed by atoms with E-state index < -0.39 is 29.5 Å². The number of nitro benzene ring substituents is 1. The summed E-state index contributed by atoms with van der Waals surface area (Å²) in [4.78, 5) is 34.2. The van der Waals surface area contributed by atoms with Crippen molar-refractivity contribution in [2.45, 2.75) is 13.0 Å². The molecule has 1 N–H and O–H groups in total. The molecule has 0 aliphatic rings. The number of amides is 1. The first-order chi connectivity index (χ1) is 12.9. The lowest BCUT2D eigenvalue weighted by atomic mass is 10.2. The maximum absolute atomic E-state index is 12.1. The van der Waals surface area contributed by atoms with E-state index in [0.717, 1.165) is 0 Å². The van der Waals surface area contributed by atoms with Crippen molar-refractivity contribution in [3.05, 3.63) is 64.2 Å². The van der Waals surface area contributed by atoms with Gasteiger partial charge in [-0.1, -0.05) is 12.1 Å². The Morgan fingerprint density at radius 2 is 1.89 bits per heavy atom. The average Bonchev–Trinajstić information content (AvgIpc) is 2.67. The Morgan fingerprint density at radius 1 is 1.22 bits per heavy atom. The molecule has 1 unspecified atom stereocenters. The van der Waals surface area contributed by atoms with Crippen molar-refractivity contribution in [3.63, 3.8) is 0 Å². The molecule has 2 aromatic rings. The second kappa shape index (κ2) is 8.96. The third-order valence-corrected chi connectivity index (χ3v) is 3.38. The van der Waals surface area contributed by atoms with Gasteiger partial charge in [0.1, 0.15) is 11.4 Å². The molecule has 0 bridgehead atoms. The molecule has 0 aliphatic heterocycles. The van der Waals surface area contributed by atoms with Crippen molar-refractivity contribution < 1.29 is 24.0 Å². The molecule has 9 heteroatoms. The number of nitrogens with one attached hydrogen (secondary N) is 1. The van der Waals surface area contributed by atoms with Gasteiger partial charge in [-0.2, -0.15) is 5.26 Å². The highest BCUT2D eigenvalue weighted by atomic mass is 16.6. The lowest BCUT2D eigenvalue weighted by molar-refractivity contribution is -0.383. The summed E-state index contributed by atoms with van der Waals surface area (Å²) < 4.78 is 10.2. The van der Waals surface area contributed by atoms with Gasteiger partial charge in [0.05, 0.1) is 16.6 Å². The SMILES string of the molecule is CC(OC(=O)COc1ccc(C#N)cc1)C(=O)Nc1ccccc1[N+](=O)[O-]. The Kier molecular flexibility index (Phi) is 6.44. The molecule has 138 valence electrons. The fourth-order valence-electron chi connectivity index (χ4n) is 2.03. The van der Waals surface area contributed by atoms with E-state index >= 15 is 0 Å². The quantitative estimate of drug-likeness (QED) is 0.450. The molecule has 0 heterocycles. The van der Waals surface area contributed by atoms with Crippen LogP contribution in [0.3, 0.4) is 0 Å².